The van der Waals surface area contributed by atoms with Gasteiger partial charge in [-0.1, -0.05) is 325 Å². The molecule has 0 aliphatic carbocycles. The third kappa shape index (κ3) is 74.5. The maximum atomic E-state index is 13.1. The molecule has 5 unspecified atom stereocenters. The van der Waals surface area contributed by atoms with E-state index in [-0.39, 0.29) is 25.7 Å². The molecule has 0 fully saturated rings. The quantitative estimate of drug-likeness (QED) is 0.0169. The average molecular weight is 1480 g/mol. The number of aliphatic hydroxyl groups excluding tert-OH is 1. The van der Waals surface area contributed by atoms with Gasteiger partial charge < -0.3 is 33.8 Å². The summed E-state index contributed by atoms with van der Waals surface area (Å²) in [7, 11) is -9.95. The molecule has 102 heavy (non-hydrogen) atoms. The predicted molar refractivity (Wildman–Crippen MR) is 418 cm³/mol. The second-order valence-electron chi connectivity index (χ2n) is 27.3. The molecular weight excluding hydrogens is 1330 g/mol. The summed E-state index contributed by atoms with van der Waals surface area (Å²) in [6.45, 7) is 4.69. The van der Waals surface area contributed by atoms with E-state index in [9.17, 15) is 43.2 Å². The van der Waals surface area contributed by atoms with E-state index in [1.165, 1.54) is 116 Å². The summed E-state index contributed by atoms with van der Waals surface area (Å²) < 4.78 is 68.7. The van der Waals surface area contributed by atoms with Crippen molar-refractivity contribution in [1.29, 1.82) is 0 Å². The lowest BCUT2D eigenvalue weighted by atomic mass is 10.0. The van der Waals surface area contributed by atoms with Crippen LogP contribution in [0, 0.1) is 0 Å². The molecule has 0 amide bonds. The first kappa shape index (κ1) is 98.2. The molecule has 592 valence electrons. The van der Waals surface area contributed by atoms with Gasteiger partial charge in [-0.15, -0.1) is 0 Å². The van der Waals surface area contributed by atoms with Crippen molar-refractivity contribution in [3.05, 3.63) is 85.1 Å². The highest BCUT2D eigenvalue weighted by Gasteiger charge is 2.30. The fourth-order valence-electron chi connectivity index (χ4n) is 11.2. The Morgan fingerprint density at radius 2 is 0.510 bits per heavy atom. The zero-order chi connectivity index (χ0) is 74.6. The minimum atomic E-state index is -4.98. The van der Waals surface area contributed by atoms with Crippen molar-refractivity contribution in [3.8, 4) is 0 Å². The first-order valence-corrected chi connectivity index (χ1v) is 43.8. The molecule has 0 aromatic carbocycles. The van der Waals surface area contributed by atoms with E-state index in [1.807, 2.05) is 0 Å². The van der Waals surface area contributed by atoms with Gasteiger partial charge in [-0.2, -0.15) is 0 Å². The Morgan fingerprint density at radius 1 is 0.284 bits per heavy atom. The first-order chi connectivity index (χ1) is 49.7. The van der Waals surface area contributed by atoms with Gasteiger partial charge in [0.05, 0.1) is 26.4 Å². The monoisotopic (exact) mass is 1480 g/mol. The van der Waals surface area contributed by atoms with Crippen molar-refractivity contribution in [2.75, 3.05) is 39.6 Å². The van der Waals surface area contributed by atoms with Crippen molar-refractivity contribution >= 4 is 39.5 Å². The van der Waals surface area contributed by atoms with Crippen LogP contribution in [0.25, 0.3) is 0 Å². The lowest BCUT2D eigenvalue weighted by molar-refractivity contribution is -0.161. The third-order valence-electron chi connectivity index (χ3n) is 17.4. The second kappa shape index (κ2) is 75.5. The number of allylic oxidation sites excluding steroid dienone is 14. The summed E-state index contributed by atoms with van der Waals surface area (Å²) in [6.07, 6.45) is 78.3. The maximum absolute atomic E-state index is 13.1. The normalized spacial score (nSPS) is 14.3. The zero-order valence-corrected chi connectivity index (χ0v) is 66.6. The van der Waals surface area contributed by atoms with Crippen molar-refractivity contribution in [2.45, 2.75) is 380 Å². The molecule has 19 heteroatoms. The summed E-state index contributed by atoms with van der Waals surface area (Å²) >= 11 is 0. The number of ether oxygens (including phenoxy) is 4. The fraction of sp³-hybridized carbons (Fsp3) is 0.783. The first-order valence-electron chi connectivity index (χ1n) is 40.8. The van der Waals surface area contributed by atoms with Gasteiger partial charge in [0.25, 0.3) is 0 Å². The summed E-state index contributed by atoms with van der Waals surface area (Å²) in [4.78, 5) is 73.1. The molecule has 0 spiro atoms. The van der Waals surface area contributed by atoms with E-state index >= 15 is 0 Å². The van der Waals surface area contributed by atoms with Gasteiger partial charge in [-0.05, 0) is 96.3 Å². The second-order valence-corrected chi connectivity index (χ2v) is 30.2. The van der Waals surface area contributed by atoms with Crippen LogP contribution in [0.4, 0.5) is 0 Å². The number of hydrogen-bond donors (Lipinski definition) is 3. The van der Waals surface area contributed by atoms with Crippen LogP contribution in [0.1, 0.15) is 362 Å². The molecule has 0 aliphatic heterocycles. The van der Waals surface area contributed by atoms with Gasteiger partial charge >= 0.3 is 39.5 Å². The molecule has 0 saturated carbocycles. The van der Waals surface area contributed by atoms with Crippen molar-refractivity contribution < 1.29 is 80.2 Å². The molecule has 0 aromatic heterocycles. The van der Waals surface area contributed by atoms with Crippen LogP contribution >= 0.6 is 15.6 Å². The van der Waals surface area contributed by atoms with E-state index in [1.54, 1.807) is 0 Å². The molecule has 0 radical (unpaired) electrons. The van der Waals surface area contributed by atoms with E-state index in [0.29, 0.717) is 25.7 Å². The molecule has 5 atom stereocenters. The Balaban J connectivity index is 5.34. The van der Waals surface area contributed by atoms with Crippen LogP contribution in [0.3, 0.4) is 0 Å². The number of esters is 4. The highest BCUT2D eigenvalue weighted by Crippen LogP contribution is 2.45. The van der Waals surface area contributed by atoms with E-state index in [4.69, 9.17) is 37.0 Å². The van der Waals surface area contributed by atoms with Crippen LogP contribution in [0.15, 0.2) is 85.1 Å². The number of hydrogen-bond acceptors (Lipinski definition) is 15. The van der Waals surface area contributed by atoms with E-state index < -0.39 is 97.5 Å². The Kier molecular flexibility index (Phi) is 72.7. The summed E-state index contributed by atoms with van der Waals surface area (Å²) in [5.74, 6) is -2.18. The molecule has 0 aliphatic rings. The SMILES string of the molecule is CC/C=C\C/C=C\C/C=C\C/C=C\CCCCCCC(=O)OCC(COP(=O)(O)OCC(O)COP(=O)(O)OCC(COC(=O)CCCCCCCCC/C=C\C/C=C\C/C=C\CC)OC(=O)CCCCCCCCCCCCCCCCC)OC(=O)CCCCCCCCCCCCCCC. The average Bonchev–Trinajstić information content (AvgIpc) is 0.908. The molecule has 0 heterocycles. The topological polar surface area (TPSA) is 237 Å². The molecule has 17 nitrogen and oxygen atoms in total. The summed E-state index contributed by atoms with van der Waals surface area (Å²) in [5.41, 5.74) is 0. The van der Waals surface area contributed by atoms with Gasteiger partial charge in [0.2, 0.25) is 0 Å². The molecular formula is C83H148O17P2. The summed E-state index contributed by atoms with van der Waals surface area (Å²) in [6, 6.07) is 0. The predicted octanol–water partition coefficient (Wildman–Crippen LogP) is 23.8. The van der Waals surface area contributed by atoms with Gasteiger partial charge in [0.1, 0.15) is 19.3 Å². The minimum Gasteiger partial charge on any atom is -0.462 e. The summed E-state index contributed by atoms with van der Waals surface area (Å²) in [5, 5.41) is 10.6. The van der Waals surface area contributed by atoms with Crippen LogP contribution in [0.5, 0.6) is 0 Å². The fourth-order valence-corrected chi connectivity index (χ4v) is 12.8. The van der Waals surface area contributed by atoms with Crippen molar-refractivity contribution in [1.82, 2.24) is 0 Å². The third-order valence-corrected chi connectivity index (χ3v) is 19.3. The standard InChI is InChI=1S/C83H148O17P2/c1-5-9-13-17-21-25-29-33-36-38-41-44-47-51-55-59-63-67-80(85)93-73-78(99-82(87)69-65-61-57-53-49-43-32-28-24-20-16-12-8-4)75-97-101(89,90)95-71-77(84)72-96-102(91,92)98-76-79(100-83(88)70-66-62-58-54-50-46-40-35-31-27-23-19-15-11-7-3)74-94-81(86)68-64-60-56-52-48-45-42-39-37-34-30-26-22-18-14-10-6-2/h9-10,13-14,21-22,25-26,33-34,36-37,41,44,77-79,84H,5-8,11-12,15-20,23-24,27-32,35,38-40,42-43,45-76H2,1-4H3,(H,89,90)(H,91,92)/b13-9-,14-10-,25-21-,26-22-,36-33-,37-34-,44-41-. The minimum absolute atomic E-state index is 0.0939. The lowest BCUT2D eigenvalue weighted by Gasteiger charge is -2.21. The van der Waals surface area contributed by atoms with Crippen LogP contribution in [-0.2, 0) is 65.4 Å². The van der Waals surface area contributed by atoms with E-state index in [2.05, 4.69) is 113 Å². The molecule has 0 aromatic rings. The Hall–Kier alpha value is -3.76. The Bertz CT molecular complexity index is 2260. The van der Waals surface area contributed by atoms with Crippen molar-refractivity contribution in [2.24, 2.45) is 0 Å². The van der Waals surface area contributed by atoms with Crippen molar-refractivity contribution in [3.63, 3.8) is 0 Å². The highest BCUT2D eigenvalue weighted by molar-refractivity contribution is 7.47. The number of phosphoric acid groups is 2. The maximum Gasteiger partial charge on any atom is 0.472 e. The Labute approximate surface area is 621 Å². The van der Waals surface area contributed by atoms with Gasteiger partial charge in [-0.3, -0.25) is 37.3 Å². The molecule has 3 N–H and O–H groups in total. The molecule has 0 bridgehead atoms. The van der Waals surface area contributed by atoms with Crippen LogP contribution < -0.4 is 0 Å². The highest BCUT2D eigenvalue weighted by atomic mass is 31.2. The smallest absolute Gasteiger partial charge is 0.462 e. The number of carbonyl (C=O) groups excluding carboxylic acids is 4. The van der Waals surface area contributed by atoms with E-state index in [0.717, 1.165) is 167 Å². The Morgan fingerprint density at radius 3 is 0.784 bits per heavy atom. The number of unbranched alkanes of at least 4 members (excludes halogenated alkanes) is 37. The number of carbonyl (C=O) groups is 4. The number of aliphatic hydroxyl groups is 1. The lowest BCUT2D eigenvalue weighted by Crippen LogP contribution is -2.30. The van der Waals surface area contributed by atoms with Crippen LogP contribution in [-0.4, -0.2) is 96.7 Å². The number of phosphoric ester groups is 2. The van der Waals surface area contributed by atoms with Gasteiger partial charge in [0, 0.05) is 25.7 Å². The van der Waals surface area contributed by atoms with Gasteiger partial charge in [0.15, 0.2) is 12.2 Å². The molecule has 0 saturated heterocycles. The van der Waals surface area contributed by atoms with Crippen LogP contribution in [0.2, 0.25) is 0 Å². The van der Waals surface area contributed by atoms with Gasteiger partial charge in [-0.25, -0.2) is 9.13 Å². The molecule has 0 rings (SSSR count). The zero-order valence-electron chi connectivity index (χ0n) is 64.8. The number of rotatable bonds is 77. The largest absolute Gasteiger partial charge is 0.472 e.